The summed E-state index contributed by atoms with van der Waals surface area (Å²) in [6.07, 6.45) is 3.50. The topological polar surface area (TPSA) is 64.0 Å². The lowest BCUT2D eigenvalue weighted by Gasteiger charge is -2.02. The highest BCUT2D eigenvalue weighted by Crippen LogP contribution is 2.15. The molecule has 0 atom stereocenters. The highest BCUT2D eigenvalue weighted by atomic mass is 32.2. The fourth-order valence-electron chi connectivity index (χ4n) is 1.34. The molecule has 0 aliphatic carbocycles. The minimum Gasteiger partial charge on any atom is -0.273 e. The molecule has 0 saturated carbocycles. The van der Waals surface area contributed by atoms with Crippen molar-refractivity contribution in [1.82, 2.24) is 14.5 Å². The first-order valence-corrected chi connectivity index (χ1v) is 7.52. The van der Waals surface area contributed by atoms with E-state index in [2.05, 4.69) is 9.82 Å². The molecule has 0 spiro atoms. The van der Waals surface area contributed by atoms with Crippen molar-refractivity contribution in [2.45, 2.75) is 24.2 Å². The Labute approximate surface area is 104 Å². The summed E-state index contributed by atoms with van der Waals surface area (Å²) in [4.78, 5) is 0. The van der Waals surface area contributed by atoms with Crippen LogP contribution >= 0.6 is 11.3 Å². The van der Waals surface area contributed by atoms with Crippen LogP contribution in [0.5, 0.6) is 0 Å². The lowest BCUT2D eigenvalue weighted by molar-refractivity contribution is 0.583. The molecular formula is C10H13N3O2S2. The average molecular weight is 271 g/mol. The van der Waals surface area contributed by atoms with Crippen molar-refractivity contribution in [2.75, 3.05) is 0 Å². The fourth-order valence-corrected chi connectivity index (χ4v) is 3.39. The van der Waals surface area contributed by atoms with Gasteiger partial charge in [0.2, 0.25) is 10.0 Å². The highest BCUT2D eigenvalue weighted by Gasteiger charge is 2.14. The second-order valence-corrected chi connectivity index (χ2v) is 6.40. The lowest BCUT2D eigenvalue weighted by atomic mass is 10.4. The number of aryl methyl sites for hydroxylation is 1. The number of hydrogen-bond donors (Lipinski definition) is 1. The molecule has 0 bridgehead atoms. The van der Waals surface area contributed by atoms with Crippen LogP contribution in [0.25, 0.3) is 0 Å². The van der Waals surface area contributed by atoms with E-state index >= 15 is 0 Å². The summed E-state index contributed by atoms with van der Waals surface area (Å²) >= 11 is 1.20. The third-order valence-electron chi connectivity index (χ3n) is 2.24. The summed E-state index contributed by atoms with van der Waals surface area (Å²) in [5.74, 6) is 0. The summed E-state index contributed by atoms with van der Waals surface area (Å²) in [5.41, 5.74) is 0.854. The highest BCUT2D eigenvalue weighted by molar-refractivity contribution is 7.91. The summed E-state index contributed by atoms with van der Waals surface area (Å²) in [7, 11) is -3.38. The molecule has 2 rings (SSSR count). The Morgan fingerprint density at radius 2 is 2.35 bits per heavy atom. The van der Waals surface area contributed by atoms with Gasteiger partial charge in [0.15, 0.2) is 0 Å². The lowest BCUT2D eigenvalue weighted by Crippen LogP contribution is -2.22. The second kappa shape index (κ2) is 4.99. The molecule has 17 heavy (non-hydrogen) atoms. The third kappa shape index (κ3) is 2.93. The number of aromatic nitrogens is 2. The zero-order valence-electron chi connectivity index (χ0n) is 9.33. The smallest absolute Gasteiger partial charge is 0.250 e. The Balaban J connectivity index is 2.03. The number of thiophene rings is 1. The Hall–Kier alpha value is -1.18. The van der Waals surface area contributed by atoms with Crippen molar-refractivity contribution < 1.29 is 8.42 Å². The zero-order chi connectivity index (χ0) is 12.3. The van der Waals surface area contributed by atoms with E-state index in [4.69, 9.17) is 0 Å². The summed E-state index contributed by atoms with van der Waals surface area (Å²) in [6, 6.07) is 3.30. The van der Waals surface area contributed by atoms with Gasteiger partial charge in [0.05, 0.1) is 6.20 Å². The second-order valence-electron chi connectivity index (χ2n) is 3.46. The molecular weight excluding hydrogens is 258 g/mol. The maximum Gasteiger partial charge on any atom is 0.250 e. The van der Waals surface area contributed by atoms with E-state index in [1.165, 1.54) is 11.3 Å². The predicted octanol–water partition coefficient (Wildman–Crippen LogP) is 1.44. The monoisotopic (exact) mass is 271 g/mol. The van der Waals surface area contributed by atoms with E-state index in [9.17, 15) is 8.42 Å². The van der Waals surface area contributed by atoms with Gasteiger partial charge in [-0.15, -0.1) is 11.3 Å². The van der Waals surface area contributed by atoms with E-state index in [1.54, 1.807) is 28.4 Å². The van der Waals surface area contributed by atoms with Crippen molar-refractivity contribution in [2.24, 2.45) is 0 Å². The van der Waals surface area contributed by atoms with E-state index < -0.39 is 10.0 Å². The van der Waals surface area contributed by atoms with Crippen LogP contribution in [0.3, 0.4) is 0 Å². The molecule has 0 saturated heterocycles. The number of hydrogen-bond acceptors (Lipinski definition) is 4. The van der Waals surface area contributed by atoms with Crippen LogP contribution in [0.1, 0.15) is 12.5 Å². The first-order valence-electron chi connectivity index (χ1n) is 5.16. The average Bonchev–Trinajstić information content (AvgIpc) is 2.98. The van der Waals surface area contributed by atoms with Crippen LogP contribution in [0.4, 0.5) is 0 Å². The van der Waals surface area contributed by atoms with E-state index in [-0.39, 0.29) is 6.54 Å². The molecule has 0 fully saturated rings. The Morgan fingerprint density at radius 1 is 1.53 bits per heavy atom. The van der Waals surface area contributed by atoms with Gasteiger partial charge in [-0.05, 0) is 18.4 Å². The van der Waals surface area contributed by atoms with Crippen LogP contribution in [0.2, 0.25) is 0 Å². The minimum absolute atomic E-state index is 0.264. The maximum atomic E-state index is 11.8. The van der Waals surface area contributed by atoms with Gasteiger partial charge in [-0.25, -0.2) is 13.1 Å². The summed E-state index contributed by atoms with van der Waals surface area (Å²) in [5, 5.41) is 5.82. The molecule has 0 unspecified atom stereocenters. The van der Waals surface area contributed by atoms with Crippen molar-refractivity contribution >= 4 is 21.4 Å². The molecule has 0 aliphatic heterocycles. The molecule has 0 aromatic carbocycles. The molecule has 0 amide bonds. The predicted molar refractivity (Wildman–Crippen MR) is 66.2 cm³/mol. The van der Waals surface area contributed by atoms with Crippen molar-refractivity contribution in [1.29, 1.82) is 0 Å². The SMILES string of the molecule is CCn1cc(CNS(=O)(=O)c2cccs2)cn1. The van der Waals surface area contributed by atoms with Crippen molar-refractivity contribution in [3.63, 3.8) is 0 Å². The number of sulfonamides is 1. The van der Waals surface area contributed by atoms with Crippen LogP contribution in [0.15, 0.2) is 34.1 Å². The van der Waals surface area contributed by atoms with Gasteiger partial charge in [-0.3, -0.25) is 4.68 Å². The van der Waals surface area contributed by atoms with Crippen LogP contribution in [-0.2, 0) is 23.1 Å². The molecule has 2 heterocycles. The maximum absolute atomic E-state index is 11.8. The largest absolute Gasteiger partial charge is 0.273 e. The number of nitrogens with zero attached hydrogens (tertiary/aromatic N) is 2. The molecule has 0 radical (unpaired) electrons. The third-order valence-corrected chi connectivity index (χ3v) is 5.04. The number of nitrogens with one attached hydrogen (secondary N) is 1. The Kier molecular flexibility index (Phi) is 3.60. The van der Waals surface area contributed by atoms with Gasteiger partial charge in [-0.1, -0.05) is 6.07 Å². The van der Waals surface area contributed by atoms with Gasteiger partial charge in [0.25, 0.3) is 0 Å². The van der Waals surface area contributed by atoms with Crippen molar-refractivity contribution in [3.8, 4) is 0 Å². The van der Waals surface area contributed by atoms with E-state index in [1.807, 2.05) is 13.1 Å². The molecule has 92 valence electrons. The van der Waals surface area contributed by atoms with Crippen LogP contribution in [-0.4, -0.2) is 18.2 Å². The Bertz CT molecular complexity index is 572. The summed E-state index contributed by atoms with van der Waals surface area (Å²) in [6.45, 7) is 3.02. The molecule has 7 heteroatoms. The fraction of sp³-hybridized carbons (Fsp3) is 0.300. The van der Waals surface area contributed by atoms with Crippen LogP contribution < -0.4 is 4.72 Å². The normalized spacial score (nSPS) is 11.8. The van der Waals surface area contributed by atoms with Gasteiger partial charge >= 0.3 is 0 Å². The minimum atomic E-state index is -3.38. The molecule has 2 aromatic heterocycles. The zero-order valence-corrected chi connectivity index (χ0v) is 11.0. The van der Waals surface area contributed by atoms with E-state index in [0.29, 0.717) is 4.21 Å². The Morgan fingerprint density at radius 3 is 2.94 bits per heavy atom. The van der Waals surface area contributed by atoms with Gasteiger partial charge < -0.3 is 0 Å². The summed E-state index contributed by atoms with van der Waals surface area (Å²) < 4.78 is 28.3. The van der Waals surface area contributed by atoms with Gasteiger partial charge in [0.1, 0.15) is 4.21 Å². The first kappa shape index (κ1) is 12.3. The quantitative estimate of drug-likeness (QED) is 0.895. The van der Waals surface area contributed by atoms with Crippen LogP contribution in [0, 0.1) is 0 Å². The molecule has 2 aromatic rings. The standard InChI is InChI=1S/C10H13N3O2S2/c1-2-13-8-9(6-11-13)7-12-17(14,15)10-4-3-5-16-10/h3-6,8,12H,2,7H2,1H3. The molecule has 1 N–H and O–H groups in total. The van der Waals surface area contributed by atoms with Gasteiger partial charge in [0, 0.05) is 24.8 Å². The number of rotatable bonds is 5. The van der Waals surface area contributed by atoms with Crippen molar-refractivity contribution in [3.05, 3.63) is 35.5 Å². The van der Waals surface area contributed by atoms with E-state index in [0.717, 1.165) is 12.1 Å². The molecule has 0 aliphatic rings. The molecule has 5 nitrogen and oxygen atoms in total. The first-order chi connectivity index (χ1) is 8.12. The van der Waals surface area contributed by atoms with Gasteiger partial charge in [-0.2, -0.15) is 5.10 Å².